The molecule has 0 rings (SSSR count). The lowest BCUT2D eigenvalue weighted by Crippen LogP contribution is -2.45. The van der Waals surface area contributed by atoms with Crippen molar-refractivity contribution in [2.45, 2.75) is 469 Å². The highest BCUT2D eigenvalue weighted by Gasteiger charge is 2.20. The molecule has 2 unspecified atom stereocenters. The summed E-state index contributed by atoms with van der Waals surface area (Å²) in [5.41, 5.74) is 0. The van der Waals surface area contributed by atoms with E-state index in [-0.39, 0.29) is 18.5 Å². The van der Waals surface area contributed by atoms with Gasteiger partial charge in [-0.25, -0.2) is 0 Å². The zero-order chi connectivity index (χ0) is 62.8. The zero-order valence-electron chi connectivity index (χ0n) is 59.3. The molecule has 6 heteroatoms. The molecule has 516 valence electrons. The number of carbonyl (C=O) groups is 2. The zero-order valence-corrected chi connectivity index (χ0v) is 59.3. The van der Waals surface area contributed by atoms with Gasteiger partial charge in [0, 0.05) is 12.8 Å². The molecule has 0 aromatic heterocycles. The highest BCUT2D eigenvalue weighted by atomic mass is 16.5. The molecule has 0 aliphatic heterocycles. The summed E-state index contributed by atoms with van der Waals surface area (Å²) in [6, 6.07) is -0.538. The molecule has 87 heavy (non-hydrogen) atoms. The van der Waals surface area contributed by atoms with Crippen molar-refractivity contribution >= 4 is 11.9 Å². The maximum atomic E-state index is 12.5. The smallest absolute Gasteiger partial charge is 0.305 e. The largest absolute Gasteiger partial charge is 0.466 e. The van der Waals surface area contributed by atoms with Crippen molar-refractivity contribution in [1.82, 2.24) is 5.32 Å². The van der Waals surface area contributed by atoms with Crippen LogP contribution in [0.1, 0.15) is 457 Å². The minimum absolute atomic E-state index is 0.0154. The van der Waals surface area contributed by atoms with E-state index in [1.165, 1.54) is 379 Å². The van der Waals surface area contributed by atoms with Crippen molar-refractivity contribution in [2.75, 3.05) is 13.2 Å². The third-order valence-corrected chi connectivity index (χ3v) is 19.0. The van der Waals surface area contributed by atoms with Gasteiger partial charge in [-0.05, 0) is 77.0 Å². The summed E-state index contributed by atoms with van der Waals surface area (Å²) in [5.74, 6) is -0.0113. The van der Waals surface area contributed by atoms with Crippen molar-refractivity contribution in [2.24, 2.45) is 0 Å². The fourth-order valence-corrected chi connectivity index (χ4v) is 12.9. The van der Waals surface area contributed by atoms with E-state index >= 15 is 0 Å². The number of hydrogen-bond donors (Lipinski definition) is 3. The highest BCUT2D eigenvalue weighted by Crippen LogP contribution is 2.20. The Balaban J connectivity index is 3.31. The molecule has 0 radical (unpaired) electrons. The molecule has 0 bridgehead atoms. The molecule has 1 amide bonds. The molecule has 0 aliphatic carbocycles. The predicted molar refractivity (Wildman–Crippen MR) is 384 cm³/mol. The van der Waals surface area contributed by atoms with Crippen LogP contribution in [0.5, 0.6) is 0 Å². The second-order valence-corrected chi connectivity index (χ2v) is 27.7. The topological polar surface area (TPSA) is 95.9 Å². The Morgan fingerprint density at radius 2 is 0.540 bits per heavy atom. The molecule has 2 atom stereocenters. The summed E-state index contributed by atoms with van der Waals surface area (Å²) in [7, 11) is 0. The van der Waals surface area contributed by atoms with Gasteiger partial charge in [0.15, 0.2) is 0 Å². The lowest BCUT2D eigenvalue weighted by Gasteiger charge is -2.22. The van der Waals surface area contributed by atoms with Gasteiger partial charge in [-0.15, -0.1) is 0 Å². The van der Waals surface area contributed by atoms with Crippen LogP contribution in [0.2, 0.25) is 0 Å². The van der Waals surface area contributed by atoms with Gasteiger partial charge in [0.25, 0.3) is 0 Å². The normalized spacial score (nSPS) is 12.6. The number of rotatable bonds is 76. The van der Waals surface area contributed by atoms with E-state index in [0.29, 0.717) is 25.9 Å². The van der Waals surface area contributed by atoms with Gasteiger partial charge in [-0.3, -0.25) is 9.59 Å². The minimum Gasteiger partial charge on any atom is -0.466 e. The lowest BCUT2D eigenvalue weighted by molar-refractivity contribution is -0.143. The summed E-state index contributed by atoms with van der Waals surface area (Å²) < 4.78 is 5.50. The van der Waals surface area contributed by atoms with E-state index in [4.69, 9.17) is 4.74 Å². The first-order chi connectivity index (χ1) is 43.0. The Morgan fingerprint density at radius 1 is 0.310 bits per heavy atom. The van der Waals surface area contributed by atoms with E-state index in [9.17, 15) is 19.8 Å². The Labute approximate surface area is 545 Å². The molecule has 0 spiro atoms. The molecule has 0 fully saturated rings. The molecule has 0 aliphatic rings. The van der Waals surface area contributed by atoms with Gasteiger partial charge in [0.05, 0.1) is 25.4 Å². The number of esters is 1. The number of nitrogens with one attached hydrogen (secondary N) is 1. The Kier molecular flexibility index (Phi) is 75.3. The van der Waals surface area contributed by atoms with Gasteiger partial charge < -0.3 is 20.3 Å². The first-order valence-electron chi connectivity index (χ1n) is 40.1. The van der Waals surface area contributed by atoms with E-state index in [1.807, 2.05) is 0 Å². The van der Waals surface area contributed by atoms with Crippen LogP contribution in [0, 0.1) is 0 Å². The summed E-state index contributed by atoms with van der Waals surface area (Å²) >= 11 is 0. The molecule has 3 N–H and O–H groups in total. The molecule has 0 aromatic carbocycles. The summed E-state index contributed by atoms with van der Waals surface area (Å²) in [5, 5.41) is 23.4. The van der Waals surface area contributed by atoms with Crippen LogP contribution in [0.15, 0.2) is 24.3 Å². The average Bonchev–Trinajstić information content (AvgIpc) is 3.53. The average molecular weight is 1230 g/mol. The molecule has 0 heterocycles. The first kappa shape index (κ1) is 85.3. The number of aliphatic hydroxyl groups excluding tert-OH is 2. The van der Waals surface area contributed by atoms with Crippen molar-refractivity contribution in [3.05, 3.63) is 24.3 Å². The molecule has 0 saturated heterocycles. The van der Waals surface area contributed by atoms with Crippen LogP contribution in [0.4, 0.5) is 0 Å². The summed E-state index contributed by atoms with van der Waals surface area (Å²) in [6.45, 7) is 4.99. The van der Waals surface area contributed by atoms with Gasteiger partial charge in [-0.2, -0.15) is 0 Å². The van der Waals surface area contributed by atoms with Crippen molar-refractivity contribution in [3.8, 4) is 0 Å². The Hall–Kier alpha value is -1.66. The number of allylic oxidation sites excluding steroid dienone is 4. The standard InChI is InChI=1S/C81H157NO5/c1-3-5-7-9-11-13-15-17-19-46-49-53-57-61-65-69-73-79(84)78(77-83)82-80(85)74-70-66-62-58-54-50-47-43-41-39-37-35-33-31-29-27-25-23-21-20-22-24-26-28-30-32-34-36-38-40-42-44-48-52-56-60-64-68-72-76-87-81(86)75-71-67-63-59-55-51-45-18-16-14-12-10-8-6-4-2/h18,20-21,45,78-79,83-84H,3-17,19,22-44,46-77H2,1-2H3,(H,82,85)/b21-20-,45-18-. The van der Waals surface area contributed by atoms with Gasteiger partial charge in [-0.1, -0.05) is 391 Å². The van der Waals surface area contributed by atoms with Crippen molar-refractivity contribution < 1.29 is 24.5 Å². The van der Waals surface area contributed by atoms with E-state index < -0.39 is 12.1 Å². The predicted octanol–water partition coefficient (Wildman–Crippen LogP) is 26.4. The summed E-state index contributed by atoms with van der Waals surface area (Å²) in [4.78, 5) is 24.6. The quantitative estimate of drug-likeness (QED) is 0.0320. The Morgan fingerprint density at radius 3 is 0.816 bits per heavy atom. The minimum atomic E-state index is -0.661. The number of unbranched alkanes of at least 4 members (excludes halogenated alkanes) is 61. The number of amides is 1. The van der Waals surface area contributed by atoms with E-state index in [0.717, 1.165) is 44.9 Å². The third kappa shape index (κ3) is 73.3. The molecular formula is C81H157NO5. The fourth-order valence-electron chi connectivity index (χ4n) is 12.9. The van der Waals surface area contributed by atoms with Crippen molar-refractivity contribution in [3.63, 3.8) is 0 Å². The third-order valence-electron chi connectivity index (χ3n) is 19.0. The molecule has 6 nitrogen and oxygen atoms in total. The van der Waals surface area contributed by atoms with Crippen LogP contribution < -0.4 is 5.32 Å². The van der Waals surface area contributed by atoms with Gasteiger partial charge >= 0.3 is 5.97 Å². The Bertz CT molecular complexity index is 1360. The number of carbonyl (C=O) groups excluding carboxylic acids is 2. The van der Waals surface area contributed by atoms with Crippen LogP contribution >= 0.6 is 0 Å². The van der Waals surface area contributed by atoms with E-state index in [2.05, 4.69) is 43.5 Å². The highest BCUT2D eigenvalue weighted by molar-refractivity contribution is 5.76. The lowest BCUT2D eigenvalue weighted by atomic mass is 10.0. The monoisotopic (exact) mass is 1220 g/mol. The number of ether oxygens (including phenoxy) is 1. The fraction of sp³-hybridized carbons (Fsp3) is 0.926. The van der Waals surface area contributed by atoms with Gasteiger partial charge in [0.2, 0.25) is 5.91 Å². The maximum Gasteiger partial charge on any atom is 0.305 e. The SMILES string of the molecule is CCCCCCCC/C=C\CCCCCCCC(=O)OCCCCCCCCCCCCCCCCCCCC/C=C\CCCCCCCCCCCCCCCCCCCC(=O)NC(CO)C(O)CCCCCCCCCCCCCCCCCC. The van der Waals surface area contributed by atoms with Crippen LogP contribution in [-0.4, -0.2) is 47.4 Å². The van der Waals surface area contributed by atoms with Crippen molar-refractivity contribution in [1.29, 1.82) is 0 Å². The second-order valence-electron chi connectivity index (χ2n) is 27.7. The number of hydrogen-bond acceptors (Lipinski definition) is 5. The molecule has 0 saturated carbocycles. The molecule has 0 aromatic rings. The second kappa shape index (κ2) is 76.8. The van der Waals surface area contributed by atoms with E-state index in [1.54, 1.807) is 0 Å². The maximum absolute atomic E-state index is 12.5. The first-order valence-corrected chi connectivity index (χ1v) is 40.1. The van der Waals surface area contributed by atoms with Crippen LogP contribution in [0.25, 0.3) is 0 Å². The summed E-state index contributed by atoms with van der Waals surface area (Å²) in [6.07, 6.45) is 98.6. The van der Waals surface area contributed by atoms with Crippen LogP contribution in [-0.2, 0) is 14.3 Å². The van der Waals surface area contributed by atoms with Crippen LogP contribution in [0.3, 0.4) is 0 Å². The number of aliphatic hydroxyl groups is 2. The molecular weight excluding hydrogens is 1070 g/mol. The van der Waals surface area contributed by atoms with Gasteiger partial charge in [0.1, 0.15) is 0 Å².